The zero-order valence-electron chi connectivity index (χ0n) is 15.0. The van der Waals surface area contributed by atoms with Crippen LogP contribution in [0, 0.1) is 0 Å². The van der Waals surface area contributed by atoms with Crippen LogP contribution in [0.4, 0.5) is 15.1 Å². The van der Waals surface area contributed by atoms with Crippen molar-refractivity contribution in [3.05, 3.63) is 41.2 Å². The smallest absolute Gasteiger partial charge is 0.318 e. The average Bonchev–Trinajstić information content (AvgIpc) is 2.71. The Morgan fingerprint density at radius 3 is 2.81 bits per heavy atom. The van der Waals surface area contributed by atoms with Gasteiger partial charge >= 0.3 is 6.03 Å². The minimum Gasteiger partial charge on any atom is -0.394 e. The number of carbonyl (C=O) groups excluding carboxylic acids is 1. The minimum atomic E-state index is -0.713. The van der Waals surface area contributed by atoms with Crippen LogP contribution >= 0.6 is 0 Å². The fraction of sp³-hybridized carbons (Fsp3) is 0.471. The van der Waals surface area contributed by atoms with Crippen molar-refractivity contribution in [2.24, 2.45) is 0 Å². The average molecular weight is 375 g/mol. The molecule has 0 aliphatic carbocycles. The van der Waals surface area contributed by atoms with Gasteiger partial charge in [-0.1, -0.05) is 0 Å². The van der Waals surface area contributed by atoms with E-state index in [1.807, 2.05) is 6.92 Å². The van der Waals surface area contributed by atoms with Crippen molar-refractivity contribution in [3.8, 4) is 0 Å². The molecule has 0 fully saturated rings. The van der Waals surface area contributed by atoms with E-state index in [-0.39, 0.29) is 31.0 Å². The summed E-state index contributed by atoms with van der Waals surface area (Å²) in [5.74, 6) is 0.556. The molecule has 0 radical (unpaired) electrons. The third kappa shape index (κ3) is 4.85. The van der Waals surface area contributed by atoms with Gasteiger partial charge in [-0.3, -0.25) is 0 Å². The number of aliphatic hydroxyl groups excluding tert-OH is 1. The number of anilines is 1. The van der Waals surface area contributed by atoms with E-state index < -0.39 is 6.67 Å². The van der Waals surface area contributed by atoms with Crippen LogP contribution in [0.5, 0.6) is 0 Å². The molecule has 0 spiro atoms. The SMILES string of the molecule is C[C@@H](CO)Nc1ncc2c(n1)CN(C(=O)NCc1cnc(CF)nc1)CC2. The molecule has 144 valence electrons. The zero-order chi connectivity index (χ0) is 19.2. The highest BCUT2D eigenvalue weighted by Gasteiger charge is 2.22. The molecule has 27 heavy (non-hydrogen) atoms. The van der Waals surface area contributed by atoms with E-state index in [4.69, 9.17) is 5.11 Å². The summed E-state index contributed by atoms with van der Waals surface area (Å²) >= 11 is 0. The first-order chi connectivity index (χ1) is 13.1. The van der Waals surface area contributed by atoms with Crippen molar-refractivity contribution in [2.75, 3.05) is 18.5 Å². The van der Waals surface area contributed by atoms with Gasteiger partial charge in [-0.25, -0.2) is 29.1 Å². The maximum atomic E-state index is 12.4. The molecule has 3 heterocycles. The van der Waals surface area contributed by atoms with E-state index in [9.17, 15) is 9.18 Å². The molecule has 0 bridgehead atoms. The minimum absolute atomic E-state index is 0.0228. The number of fused-ring (bicyclic) bond motifs is 1. The standard InChI is InChI=1S/C17H22FN7O2/c1-11(10-26)23-16-21-8-13-2-3-25(9-14(13)24-16)17(27)22-7-12-5-19-15(4-18)20-6-12/h5-6,8,11,26H,2-4,7,9-10H2,1H3,(H,22,27)(H,21,23,24)/t11-/m0/s1. The second kappa shape index (κ2) is 8.67. The number of halogens is 1. The molecule has 0 saturated heterocycles. The Labute approximate surface area is 156 Å². The van der Waals surface area contributed by atoms with Gasteiger partial charge in [0.15, 0.2) is 5.82 Å². The summed E-state index contributed by atoms with van der Waals surface area (Å²) in [6.45, 7) is 2.30. The number of amides is 2. The van der Waals surface area contributed by atoms with Gasteiger partial charge < -0.3 is 20.6 Å². The van der Waals surface area contributed by atoms with Gasteiger partial charge in [0, 0.05) is 43.3 Å². The summed E-state index contributed by atoms with van der Waals surface area (Å²) in [7, 11) is 0. The number of carbonyl (C=O) groups is 1. The monoisotopic (exact) mass is 375 g/mol. The lowest BCUT2D eigenvalue weighted by molar-refractivity contribution is 0.191. The second-order valence-corrected chi connectivity index (χ2v) is 6.36. The highest BCUT2D eigenvalue weighted by Crippen LogP contribution is 2.18. The van der Waals surface area contributed by atoms with Gasteiger partial charge in [0.25, 0.3) is 0 Å². The highest BCUT2D eigenvalue weighted by molar-refractivity contribution is 5.74. The zero-order valence-corrected chi connectivity index (χ0v) is 15.0. The normalized spacial score (nSPS) is 14.4. The van der Waals surface area contributed by atoms with Gasteiger partial charge in [-0.15, -0.1) is 0 Å². The van der Waals surface area contributed by atoms with Crippen LogP contribution in [0.2, 0.25) is 0 Å². The first-order valence-corrected chi connectivity index (χ1v) is 8.69. The first kappa shape index (κ1) is 18.9. The van der Waals surface area contributed by atoms with Crippen LogP contribution < -0.4 is 10.6 Å². The largest absolute Gasteiger partial charge is 0.394 e. The molecule has 3 rings (SSSR count). The number of hydrogen-bond donors (Lipinski definition) is 3. The van der Waals surface area contributed by atoms with E-state index in [0.29, 0.717) is 31.0 Å². The maximum absolute atomic E-state index is 12.4. The Balaban J connectivity index is 1.58. The number of alkyl halides is 1. The number of rotatable bonds is 6. The van der Waals surface area contributed by atoms with Crippen LogP contribution in [0.25, 0.3) is 0 Å². The van der Waals surface area contributed by atoms with Crippen molar-refractivity contribution in [2.45, 2.75) is 39.2 Å². The molecule has 10 heteroatoms. The Kier molecular flexibility index (Phi) is 6.07. The summed E-state index contributed by atoms with van der Waals surface area (Å²) in [4.78, 5) is 30.5. The molecule has 0 aromatic carbocycles. The van der Waals surface area contributed by atoms with E-state index in [1.54, 1.807) is 11.1 Å². The van der Waals surface area contributed by atoms with Crippen molar-refractivity contribution in [1.29, 1.82) is 0 Å². The summed E-state index contributed by atoms with van der Waals surface area (Å²) < 4.78 is 12.4. The molecule has 1 aliphatic rings. The summed E-state index contributed by atoms with van der Waals surface area (Å²) in [6, 6.07) is -0.371. The number of nitrogens with zero attached hydrogens (tertiary/aromatic N) is 5. The summed E-state index contributed by atoms with van der Waals surface area (Å²) in [5.41, 5.74) is 2.50. The van der Waals surface area contributed by atoms with E-state index in [0.717, 1.165) is 11.3 Å². The van der Waals surface area contributed by atoms with Gasteiger partial charge in [0.1, 0.15) is 6.67 Å². The van der Waals surface area contributed by atoms with Crippen molar-refractivity contribution >= 4 is 12.0 Å². The molecule has 2 aromatic heterocycles. The molecule has 0 saturated carbocycles. The molecule has 2 amide bonds. The van der Waals surface area contributed by atoms with Crippen molar-refractivity contribution < 1.29 is 14.3 Å². The quantitative estimate of drug-likeness (QED) is 0.684. The lowest BCUT2D eigenvalue weighted by Gasteiger charge is -2.28. The third-order valence-corrected chi connectivity index (χ3v) is 4.20. The predicted octanol–water partition coefficient (Wildman–Crippen LogP) is 0.797. The molecule has 1 aliphatic heterocycles. The topological polar surface area (TPSA) is 116 Å². The molecule has 2 aromatic rings. The number of hydrogen-bond acceptors (Lipinski definition) is 7. The van der Waals surface area contributed by atoms with Crippen LogP contribution in [0.1, 0.15) is 29.6 Å². The Hall–Kier alpha value is -2.88. The number of urea groups is 1. The van der Waals surface area contributed by atoms with Crippen LogP contribution in [-0.2, 0) is 26.2 Å². The molecular weight excluding hydrogens is 353 g/mol. The highest BCUT2D eigenvalue weighted by atomic mass is 19.1. The van der Waals surface area contributed by atoms with Crippen LogP contribution in [0.3, 0.4) is 0 Å². The van der Waals surface area contributed by atoms with E-state index in [2.05, 4.69) is 30.6 Å². The lowest BCUT2D eigenvalue weighted by Crippen LogP contribution is -2.43. The predicted molar refractivity (Wildman–Crippen MR) is 95.4 cm³/mol. The van der Waals surface area contributed by atoms with Gasteiger partial charge in [-0.05, 0) is 18.9 Å². The van der Waals surface area contributed by atoms with Gasteiger partial charge in [-0.2, -0.15) is 0 Å². The van der Waals surface area contributed by atoms with Crippen molar-refractivity contribution in [1.82, 2.24) is 30.2 Å². The first-order valence-electron chi connectivity index (χ1n) is 8.69. The number of nitrogens with one attached hydrogen (secondary N) is 2. The number of aliphatic hydroxyl groups is 1. The molecule has 9 nitrogen and oxygen atoms in total. The molecular formula is C17H22FN7O2. The fourth-order valence-electron chi connectivity index (χ4n) is 2.64. The summed E-state index contributed by atoms with van der Waals surface area (Å²) in [5, 5.41) is 14.9. The van der Waals surface area contributed by atoms with Crippen LogP contribution in [0.15, 0.2) is 18.6 Å². The molecule has 1 atom stereocenters. The van der Waals surface area contributed by atoms with E-state index in [1.165, 1.54) is 12.4 Å². The Morgan fingerprint density at radius 1 is 1.33 bits per heavy atom. The van der Waals surface area contributed by atoms with Gasteiger partial charge in [0.05, 0.1) is 18.8 Å². The second-order valence-electron chi connectivity index (χ2n) is 6.36. The fourth-order valence-corrected chi connectivity index (χ4v) is 2.64. The maximum Gasteiger partial charge on any atom is 0.318 e. The molecule has 3 N–H and O–H groups in total. The van der Waals surface area contributed by atoms with Crippen LogP contribution in [-0.4, -0.2) is 55.2 Å². The summed E-state index contributed by atoms with van der Waals surface area (Å²) in [6.07, 6.45) is 5.43. The number of aromatic nitrogens is 4. The van der Waals surface area contributed by atoms with Crippen molar-refractivity contribution in [3.63, 3.8) is 0 Å². The Bertz CT molecular complexity index is 787. The van der Waals surface area contributed by atoms with Gasteiger partial charge in [0.2, 0.25) is 5.95 Å². The Morgan fingerprint density at radius 2 is 2.11 bits per heavy atom. The lowest BCUT2D eigenvalue weighted by atomic mass is 10.1. The molecule has 0 unspecified atom stereocenters. The van der Waals surface area contributed by atoms with E-state index >= 15 is 0 Å². The third-order valence-electron chi connectivity index (χ3n) is 4.20.